The third-order valence-corrected chi connectivity index (χ3v) is 8.03. The number of rotatable bonds is 2. The highest BCUT2D eigenvalue weighted by Gasteiger charge is 2.54. The van der Waals surface area contributed by atoms with E-state index >= 15 is 0 Å². The zero-order chi connectivity index (χ0) is 16.1. The monoisotopic (exact) mass is 306 g/mol. The summed E-state index contributed by atoms with van der Waals surface area (Å²) in [6.45, 7) is 12.0. The van der Waals surface area contributed by atoms with E-state index in [-0.39, 0.29) is 0 Å². The molecule has 0 aromatic rings. The first-order chi connectivity index (χ1) is 9.49. The van der Waals surface area contributed by atoms with Gasteiger partial charge in [0.25, 0.3) is 0 Å². The Bertz CT molecular complexity index is 584. The van der Waals surface area contributed by atoms with Crippen molar-refractivity contribution in [3.05, 3.63) is 46.6 Å². The van der Waals surface area contributed by atoms with Crippen LogP contribution in [0, 0.1) is 0 Å². The summed E-state index contributed by atoms with van der Waals surface area (Å²) in [4.78, 5) is 11.2. The molecule has 21 heavy (non-hydrogen) atoms. The first-order valence-corrected chi connectivity index (χ1v) is 9.21. The molecule has 0 aliphatic heterocycles. The van der Waals surface area contributed by atoms with E-state index in [1.165, 1.54) is 11.1 Å². The lowest BCUT2D eigenvalue weighted by atomic mass is 9.91. The Kier molecular flexibility index (Phi) is 4.02. The third kappa shape index (κ3) is 2.76. The van der Waals surface area contributed by atoms with E-state index in [1.807, 2.05) is 53.7 Å². The summed E-state index contributed by atoms with van der Waals surface area (Å²) < 4.78 is 13.6. The summed E-state index contributed by atoms with van der Waals surface area (Å²) >= 11 is 0. The van der Waals surface area contributed by atoms with Crippen molar-refractivity contribution >= 4 is 7.37 Å². The molecule has 2 nitrogen and oxygen atoms in total. The van der Waals surface area contributed by atoms with Gasteiger partial charge in [0, 0.05) is 0 Å². The van der Waals surface area contributed by atoms with E-state index in [0.717, 1.165) is 11.1 Å². The molecule has 0 aromatic carbocycles. The molecular formula is C18H27O2P. The zero-order valence-corrected chi connectivity index (χ0v) is 14.9. The van der Waals surface area contributed by atoms with E-state index in [0.29, 0.717) is 12.8 Å². The Morgan fingerprint density at radius 3 is 1.52 bits per heavy atom. The van der Waals surface area contributed by atoms with Crippen LogP contribution in [0.15, 0.2) is 46.6 Å². The van der Waals surface area contributed by atoms with Crippen molar-refractivity contribution in [2.24, 2.45) is 0 Å². The highest BCUT2D eigenvalue weighted by molar-refractivity contribution is 7.61. The summed E-state index contributed by atoms with van der Waals surface area (Å²) in [7, 11) is -3.45. The van der Waals surface area contributed by atoms with Crippen LogP contribution < -0.4 is 0 Å². The largest absolute Gasteiger partial charge is 0.343 e. The fraction of sp³-hybridized carbons (Fsp3) is 0.556. The Morgan fingerprint density at radius 1 is 0.905 bits per heavy atom. The van der Waals surface area contributed by atoms with Crippen LogP contribution in [-0.2, 0) is 4.57 Å². The summed E-state index contributed by atoms with van der Waals surface area (Å²) in [5.41, 5.74) is 4.53. The van der Waals surface area contributed by atoms with E-state index in [1.54, 1.807) is 0 Å². The quantitative estimate of drug-likeness (QED) is 0.697. The third-order valence-electron chi connectivity index (χ3n) is 4.68. The molecule has 2 rings (SSSR count). The lowest BCUT2D eigenvalue weighted by Gasteiger charge is -2.44. The molecule has 0 amide bonds. The minimum atomic E-state index is -3.45. The van der Waals surface area contributed by atoms with Crippen molar-refractivity contribution in [3.8, 4) is 0 Å². The smallest absolute Gasteiger partial charge is 0.219 e. The standard InChI is InChI=1S/C18H27O2P/c1-13-7-14(2)10-17(5,9-13)21(19,20)18(6)11-15(3)8-16(4)12-18/h7-9,11H,10,12H2,1-6H3,(H,19,20). The first kappa shape index (κ1) is 16.5. The maximum Gasteiger partial charge on any atom is 0.219 e. The number of allylic oxidation sites excluding steroid dienone is 8. The van der Waals surface area contributed by atoms with Crippen LogP contribution in [0.3, 0.4) is 0 Å². The molecule has 2 atom stereocenters. The molecule has 0 aromatic heterocycles. The van der Waals surface area contributed by atoms with Gasteiger partial charge in [-0.2, -0.15) is 0 Å². The second kappa shape index (κ2) is 5.11. The van der Waals surface area contributed by atoms with Gasteiger partial charge in [0.2, 0.25) is 7.37 Å². The van der Waals surface area contributed by atoms with Gasteiger partial charge in [-0.05, 0) is 54.4 Å². The van der Waals surface area contributed by atoms with E-state index in [9.17, 15) is 9.46 Å². The van der Waals surface area contributed by atoms with Crippen LogP contribution in [-0.4, -0.2) is 15.2 Å². The van der Waals surface area contributed by atoms with E-state index in [2.05, 4.69) is 12.2 Å². The Morgan fingerprint density at radius 2 is 1.24 bits per heavy atom. The molecule has 2 aliphatic carbocycles. The fourth-order valence-corrected chi connectivity index (χ4v) is 7.00. The normalized spacial score (nSPS) is 36.1. The molecule has 0 saturated heterocycles. The molecule has 0 heterocycles. The van der Waals surface area contributed by atoms with Crippen LogP contribution in [0.4, 0.5) is 0 Å². The number of hydrogen-bond donors (Lipinski definition) is 1. The Labute approximate surface area is 128 Å². The van der Waals surface area contributed by atoms with Crippen LogP contribution >= 0.6 is 7.37 Å². The van der Waals surface area contributed by atoms with Crippen LogP contribution in [0.25, 0.3) is 0 Å². The second-order valence-corrected chi connectivity index (χ2v) is 10.6. The van der Waals surface area contributed by atoms with Crippen molar-refractivity contribution in [3.63, 3.8) is 0 Å². The van der Waals surface area contributed by atoms with Gasteiger partial charge in [-0.1, -0.05) is 46.6 Å². The lowest BCUT2D eigenvalue weighted by Crippen LogP contribution is -2.37. The van der Waals surface area contributed by atoms with Gasteiger partial charge in [-0.15, -0.1) is 0 Å². The predicted octanol–water partition coefficient (Wildman–Crippen LogP) is 5.37. The zero-order valence-electron chi connectivity index (χ0n) is 14.0. The van der Waals surface area contributed by atoms with E-state index < -0.39 is 17.7 Å². The van der Waals surface area contributed by atoms with Gasteiger partial charge >= 0.3 is 0 Å². The summed E-state index contributed by atoms with van der Waals surface area (Å²) in [5.74, 6) is 0. The van der Waals surface area contributed by atoms with Gasteiger partial charge < -0.3 is 4.89 Å². The Hall–Kier alpha value is -0.850. The van der Waals surface area contributed by atoms with E-state index in [4.69, 9.17) is 0 Å². The molecule has 0 saturated carbocycles. The maximum atomic E-state index is 13.6. The minimum absolute atomic E-state index is 0.656. The SMILES string of the molecule is CC1=CC(C)(P(=O)(O)C2(C)C=C(C)C=C(C)C2)CC(C)=C1. The molecule has 116 valence electrons. The minimum Gasteiger partial charge on any atom is -0.343 e. The maximum absolute atomic E-state index is 13.6. The molecule has 0 radical (unpaired) electrons. The molecule has 2 unspecified atom stereocenters. The van der Waals surface area contributed by atoms with Crippen molar-refractivity contribution in [2.45, 2.75) is 64.7 Å². The average Bonchev–Trinajstić information content (AvgIpc) is 2.24. The highest BCUT2D eigenvalue weighted by atomic mass is 31.2. The van der Waals surface area contributed by atoms with Gasteiger partial charge in [0.15, 0.2) is 0 Å². The first-order valence-electron chi connectivity index (χ1n) is 7.55. The van der Waals surface area contributed by atoms with Crippen LogP contribution in [0.5, 0.6) is 0 Å². The molecule has 1 N–H and O–H groups in total. The van der Waals surface area contributed by atoms with Gasteiger partial charge in [0.05, 0.1) is 10.3 Å². The summed E-state index contributed by atoms with van der Waals surface area (Å²) in [6, 6.07) is 0. The van der Waals surface area contributed by atoms with Crippen molar-refractivity contribution in [1.82, 2.24) is 0 Å². The topological polar surface area (TPSA) is 37.3 Å². The van der Waals surface area contributed by atoms with Gasteiger partial charge in [-0.25, -0.2) is 0 Å². The van der Waals surface area contributed by atoms with Gasteiger partial charge in [0.1, 0.15) is 0 Å². The van der Waals surface area contributed by atoms with Gasteiger partial charge in [-0.3, -0.25) is 4.57 Å². The lowest BCUT2D eigenvalue weighted by molar-refractivity contribution is 0.413. The van der Waals surface area contributed by atoms with Crippen molar-refractivity contribution < 1.29 is 9.46 Å². The second-order valence-electron chi connectivity index (χ2n) is 7.40. The summed E-state index contributed by atoms with van der Waals surface area (Å²) in [6.07, 6.45) is 9.53. The highest BCUT2D eigenvalue weighted by Crippen LogP contribution is 2.70. The molecular weight excluding hydrogens is 279 g/mol. The Balaban J connectivity index is 2.51. The molecule has 2 aliphatic rings. The van der Waals surface area contributed by atoms with Crippen LogP contribution in [0.1, 0.15) is 54.4 Å². The molecule has 0 bridgehead atoms. The van der Waals surface area contributed by atoms with Crippen molar-refractivity contribution in [2.75, 3.05) is 0 Å². The molecule has 0 spiro atoms. The summed E-state index contributed by atoms with van der Waals surface area (Å²) in [5, 5.41) is -1.36. The predicted molar refractivity (Wildman–Crippen MR) is 90.9 cm³/mol. The van der Waals surface area contributed by atoms with Crippen molar-refractivity contribution in [1.29, 1.82) is 0 Å². The molecule has 0 fully saturated rings. The van der Waals surface area contributed by atoms with Crippen LogP contribution in [0.2, 0.25) is 0 Å². The molecule has 3 heteroatoms. The average molecular weight is 306 g/mol. The fourth-order valence-electron chi connectivity index (χ4n) is 4.15. The number of hydrogen-bond acceptors (Lipinski definition) is 1.